The summed E-state index contributed by atoms with van der Waals surface area (Å²) in [6, 6.07) is 6.41. The van der Waals surface area contributed by atoms with Crippen molar-refractivity contribution in [2.45, 2.75) is 32.6 Å². The minimum atomic E-state index is 0.0901. The Morgan fingerprint density at radius 3 is 2.76 bits per heavy atom. The summed E-state index contributed by atoms with van der Waals surface area (Å²) in [6.45, 7) is 2.54. The lowest BCUT2D eigenvalue weighted by Gasteiger charge is -2.08. The fraction of sp³-hybridized carbons (Fsp3) is 0.400. The van der Waals surface area contributed by atoms with Gasteiger partial charge >= 0.3 is 12.0 Å². The lowest BCUT2D eigenvalue weighted by molar-refractivity contribution is 0.285. The summed E-state index contributed by atoms with van der Waals surface area (Å²) < 4.78 is 11.0. The maximum Gasteiger partial charge on any atom is 0.330 e. The normalized spacial score (nSPS) is 13.0. The van der Waals surface area contributed by atoms with Gasteiger partial charge in [-0.05, 0) is 48.9 Å². The molecule has 0 aliphatic heterocycles. The molecule has 0 fully saturated rings. The second-order valence-electron chi connectivity index (χ2n) is 4.99. The van der Waals surface area contributed by atoms with Gasteiger partial charge in [0.25, 0.3) is 0 Å². The third-order valence-corrected chi connectivity index (χ3v) is 3.33. The topological polar surface area (TPSA) is 83.2 Å². The molecule has 1 aliphatic carbocycles. The van der Waals surface area contributed by atoms with Crippen LogP contribution in [-0.2, 0) is 12.8 Å². The summed E-state index contributed by atoms with van der Waals surface area (Å²) in [5.41, 5.74) is 8.38. The molecule has 0 amide bonds. The minimum Gasteiger partial charge on any atom is -0.463 e. The molecule has 1 aromatic carbocycles. The molecule has 6 heteroatoms. The largest absolute Gasteiger partial charge is 0.463 e. The average molecular weight is 286 g/mol. The Kier molecular flexibility index (Phi) is 3.85. The average Bonchev–Trinajstić information content (AvgIpc) is 2.92. The maximum atomic E-state index is 5.68. The molecule has 110 valence electrons. The van der Waals surface area contributed by atoms with Gasteiger partial charge in [-0.15, -0.1) is 4.98 Å². The van der Waals surface area contributed by atoms with E-state index >= 15 is 0 Å². The first-order valence-corrected chi connectivity index (χ1v) is 7.18. The molecule has 2 aromatic rings. The molecule has 0 radical (unpaired) electrons. The Hall–Kier alpha value is -2.37. The van der Waals surface area contributed by atoms with Crippen LogP contribution in [0.2, 0.25) is 0 Å². The number of nitrogens with zero attached hydrogens (tertiary/aromatic N) is 3. The minimum absolute atomic E-state index is 0.0901. The quantitative estimate of drug-likeness (QED) is 0.909. The molecule has 0 unspecified atom stereocenters. The van der Waals surface area contributed by atoms with Crippen LogP contribution in [0.1, 0.15) is 30.9 Å². The summed E-state index contributed by atoms with van der Waals surface area (Å²) in [4.78, 5) is 12.0. The molecule has 1 heterocycles. The second kappa shape index (κ2) is 5.95. The Morgan fingerprint density at radius 2 is 1.90 bits per heavy atom. The number of rotatable bonds is 5. The molecule has 0 spiro atoms. The number of benzene rings is 1. The van der Waals surface area contributed by atoms with Gasteiger partial charge in [-0.25, -0.2) is 0 Å². The van der Waals surface area contributed by atoms with E-state index in [1.165, 1.54) is 17.5 Å². The summed E-state index contributed by atoms with van der Waals surface area (Å²) in [5.74, 6) is 0.801. The Bertz CT molecular complexity index is 646. The number of hydrogen-bond donors (Lipinski definition) is 1. The molecule has 1 aliphatic rings. The van der Waals surface area contributed by atoms with Gasteiger partial charge in [0, 0.05) is 0 Å². The Balaban J connectivity index is 1.79. The number of nitrogen functional groups attached to an aromatic ring is 1. The van der Waals surface area contributed by atoms with Crippen molar-refractivity contribution in [2.24, 2.45) is 0 Å². The van der Waals surface area contributed by atoms with Gasteiger partial charge in [0.05, 0.1) is 6.61 Å². The van der Waals surface area contributed by atoms with Crippen molar-refractivity contribution >= 4 is 5.95 Å². The number of fused-ring (bicyclic) bond motifs is 1. The summed E-state index contributed by atoms with van der Waals surface area (Å²) in [6.07, 6.45) is 4.30. The van der Waals surface area contributed by atoms with E-state index in [4.69, 9.17) is 15.2 Å². The van der Waals surface area contributed by atoms with Crippen LogP contribution in [0.3, 0.4) is 0 Å². The van der Waals surface area contributed by atoms with Gasteiger partial charge in [-0.2, -0.15) is 9.97 Å². The van der Waals surface area contributed by atoms with E-state index in [-0.39, 0.29) is 18.0 Å². The first-order chi connectivity index (χ1) is 10.2. The summed E-state index contributed by atoms with van der Waals surface area (Å²) >= 11 is 0. The van der Waals surface area contributed by atoms with Gasteiger partial charge in [0.1, 0.15) is 5.75 Å². The van der Waals surface area contributed by atoms with E-state index in [1.54, 1.807) is 0 Å². The lowest BCUT2D eigenvalue weighted by atomic mass is 10.1. The van der Waals surface area contributed by atoms with E-state index in [9.17, 15) is 0 Å². The monoisotopic (exact) mass is 286 g/mol. The van der Waals surface area contributed by atoms with Crippen LogP contribution in [0.15, 0.2) is 18.2 Å². The number of ether oxygens (including phenoxy) is 2. The highest BCUT2D eigenvalue weighted by atomic mass is 16.5. The van der Waals surface area contributed by atoms with Crippen molar-refractivity contribution in [1.82, 2.24) is 15.0 Å². The van der Waals surface area contributed by atoms with Gasteiger partial charge in [0.15, 0.2) is 0 Å². The molecule has 3 rings (SSSR count). The van der Waals surface area contributed by atoms with Crippen molar-refractivity contribution in [3.05, 3.63) is 29.3 Å². The zero-order valence-electron chi connectivity index (χ0n) is 12.0. The zero-order chi connectivity index (χ0) is 14.7. The fourth-order valence-corrected chi connectivity index (χ4v) is 2.37. The van der Waals surface area contributed by atoms with E-state index in [0.29, 0.717) is 12.4 Å². The molecular formula is C15H18N4O2. The standard InChI is InChI=1S/C15H18N4O2/c1-2-8-20-14-17-13(16)18-15(19-14)21-12-7-6-10-4-3-5-11(10)9-12/h6-7,9H,2-5,8H2,1H3,(H2,16,17,18,19). The van der Waals surface area contributed by atoms with Crippen LogP contribution in [0, 0.1) is 0 Å². The first kappa shape index (κ1) is 13.6. The molecule has 6 nitrogen and oxygen atoms in total. The SMILES string of the molecule is CCCOc1nc(N)nc(Oc2ccc3c(c2)CCC3)n1. The number of anilines is 1. The van der Waals surface area contributed by atoms with Crippen LogP contribution in [0.5, 0.6) is 17.8 Å². The van der Waals surface area contributed by atoms with E-state index in [0.717, 1.165) is 19.3 Å². The van der Waals surface area contributed by atoms with Gasteiger partial charge in [0.2, 0.25) is 5.95 Å². The fourth-order valence-electron chi connectivity index (χ4n) is 2.37. The molecule has 0 bridgehead atoms. The third kappa shape index (κ3) is 3.21. The van der Waals surface area contributed by atoms with Crippen LogP contribution >= 0.6 is 0 Å². The molecule has 0 saturated carbocycles. The number of aryl methyl sites for hydroxylation is 2. The van der Waals surface area contributed by atoms with Crippen LogP contribution in [0.4, 0.5) is 5.95 Å². The Labute approximate surface area is 123 Å². The maximum absolute atomic E-state index is 5.68. The van der Waals surface area contributed by atoms with Crippen LogP contribution < -0.4 is 15.2 Å². The number of nitrogens with two attached hydrogens (primary N) is 1. The van der Waals surface area contributed by atoms with Crippen molar-refractivity contribution in [3.8, 4) is 17.8 Å². The Morgan fingerprint density at radius 1 is 1.10 bits per heavy atom. The number of aromatic nitrogens is 3. The van der Waals surface area contributed by atoms with E-state index < -0.39 is 0 Å². The highest BCUT2D eigenvalue weighted by Gasteiger charge is 2.13. The summed E-state index contributed by atoms with van der Waals surface area (Å²) in [5, 5.41) is 0. The number of hydrogen-bond acceptors (Lipinski definition) is 6. The van der Waals surface area contributed by atoms with Crippen molar-refractivity contribution in [2.75, 3.05) is 12.3 Å². The first-order valence-electron chi connectivity index (χ1n) is 7.18. The lowest BCUT2D eigenvalue weighted by Crippen LogP contribution is -2.05. The molecular weight excluding hydrogens is 268 g/mol. The predicted molar refractivity (Wildman–Crippen MR) is 78.6 cm³/mol. The third-order valence-electron chi connectivity index (χ3n) is 3.33. The van der Waals surface area contributed by atoms with Crippen molar-refractivity contribution in [3.63, 3.8) is 0 Å². The second-order valence-corrected chi connectivity index (χ2v) is 4.99. The van der Waals surface area contributed by atoms with Crippen molar-refractivity contribution < 1.29 is 9.47 Å². The molecule has 1 aromatic heterocycles. The predicted octanol–water partition coefficient (Wildman–Crippen LogP) is 2.52. The molecule has 21 heavy (non-hydrogen) atoms. The van der Waals surface area contributed by atoms with Gasteiger partial charge in [-0.1, -0.05) is 13.0 Å². The van der Waals surface area contributed by atoms with Gasteiger partial charge in [-0.3, -0.25) is 0 Å². The zero-order valence-corrected chi connectivity index (χ0v) is 12.0. The highest BCUT2D eigenvalue weighted by Crippen LogP contribution is 2.28. The molecule has 0 atom stereocenters. The van der Waals surface area contributed by atoms with Crippen LogP contribution in [0.25, 0.3) is 0 Å². The molecule has 2 N–H and O–H groups in total. The van der Waals surface area contributed by atoms with Crippen LogP contribution in [-0.4, -0.2) is 21.6 Å². The molecule has 0 saturated heterocycles. The van der Waals surface area contributed by atoms with Crippen molar-refractivity contribution in [1.29, 1.82) is 0 Å². The van der Waals surface area contributed by atoms with E-state index in [2.05, 4.69) is 21.0 Å². The van der Waals surface area contributed by atoms with Gasteiger partial charge < -0.3 is 15.2 Å². The van der Waals surface area contributed by atoms with E-state index in [1.807, 2.05) is 19.1 Å². The smallest absolute Gasteiger partial charge is 0.330 e. The summed E-state index contributed by atoms with van der Waals surface area (Å²) in [7, 11) is 0. The highest BCUT2D eigenvalue weighted by molar-refractivity contribution is 5.39.